The molecule has 1 aliphatic carbocycles. The van der Waals surface area contributed by atoms with E-state index in [4.69, 9.17) is 4.74 Å². The lowest BCUT2D eigenvalue weighted by Crippen LogP contribution is -2.50. The highest BCUT2D eigenvalue weighted by molar-refractivity contribution is 5.91. The number of benzene rings is 1. The lowest BCUT2D eigenvalue weighted by atomic mass is 9.88. The first-order valence-electron chi connectivity index (χ1n) is 9.60. The molecule has 6 heteroatoms. The first-order valence-corrected chi connectivity index (χ1v) is 9.60. The van der Waals surface area contributed by atoms with Gasteiger partial charge in [0, 0.05) is 50.6 Å². The molecule has 26 heavy (non-hydrogen) atoms. The molecule has 0 radical (unpaired) electrons. The molecule has 1 saturated heterocycles. The van der Waals surface area contributed by atoms with Crippen LogP contribution in [0.25, 0.3) is 0 Å². The van der Waals surface area contributed by atoms with Crippen LogP contribution in [0.5, 0.6) is 0 Å². The smallest absolute Gasteiger partial charge is 0.250 e. The molecule has 1 aromatic carbocycles. The van der Waals surface area contributed by atoms with Gasteiger partial charge in [-0.25, -0.2) is 0 Å². The Hall–Kier alpha value is -2.08. The number of nitrogens with zero attached hydrogens (tertiary/aromatic N) is 2. The number of anilines is 2. The first kappa shape index (κ1) is 18.7. The lowest BCUT2D eigenvalue weighted by Gasteiger charge is -2.38. The number of ether oxygens (including phenoxy) is 1. The first-order chi connectivity index (χ1) is 12.7. The number of methoxy groups -OCH3 is 1. The van der Waals surface area contributed by atoms with Gasteiger partial charge in [0.05, 0.1) is 0 Å². The monoisotopic (exact) mass is 359 g/mol. The molecular formula is C20H29N3O3. The molecule has 1 aromatic rings. The minimum Gasteiger partial charge on any atom is -0.375 e. The summed E-state index contributed by atoms with van der Waals surface area (Å²) in [6.07, 6.45) is 5.80. The van der Waals surface area contributed by atoms with Gasteiger partial charge in [-0.15, -0.1) is 0 Å². The van der Waals surface area contributed by atoms with E-state index < -0.39 is 0 Å². The Kier molecular flexibility index (Phi) is 6.50. The van der Waals surface area contributed by atoms with E-state index in [0.29, 0.717) is 5.91 Å². The molecule has 0 spiro atoms. The highest BCUT2D eigenvalue weighted by Crippen LogP contribution is 2.26. The van der Waals surface area contributed by atoms with Crippen molar-refractivity contribution in [3.05, 3.63) is 24.3 Å². The average Bonchev–Trinajstić information content (AvgIpc) is 2.69. The highest BCUT2D eigenvalue weighted by Gasteiger charge is 2.28. The SMILES string of the molecule is COCC(=O)Nc1ccc(N2CCN(C(=O)C3CCCCC3)CC2)cc1. The molecule has 1 aliphatic heterocycles. The summed E-state index contributed by atoms with van der Waals surface area (Å²) in [6, 6.07) is 7.84. The van der Waals surface area contributed by atoms with Gasteiger partial charge in [0.15, 0.2) is 0 Å². The Morgan fingerprint density at radius 1 is 1.04 bits per heavy atom. The zero-order valence-electron chi connectivity index (χ0n) is 15.6. The van der Waals surface area contributed by atoms with Crippen molar-refractivity contribution in [2.45, 2.75) is 32.1 Å². The zero-order chi connectivity index (χ0) is 18.4. The van der Waals surface area contributed by atoms with Gasteiger partial charge in [0.2, 0.25) is 11.8 Å². The van der Waals surface area contributed by atoms with Crippen molar-refractivity contribution in [2.24, 2.45) is 5.92 Å². The van der Waals surface area contributed by atoms with Crippen LogP contribution in [-0.2, 0) is 14.3 Å². The predicted octanol–water partition coefficient (Wildman–Crippen LogP) is 2.50. The summed E-state index contributed by atoms with van der Waals surface area (Å²) in [5.74, 6) is 0.459. The molecule has 0 bridgehead atoms. The fourth-order valence-electron chi connectivity index (χ4n) is 3.88. The predicted molar refractivity (Wildman–Crippen MR) is 102 cm³/mol. The Bertz CT molecular complexity index is 603. The topological polar surface area (TPSA) is 61.9 Å². The number of piperazine rings is 1. The molecule has 0 unspecified atom stereocenters. The Morgan fingerprint density at radius 3 is 2.31 bits per heavy atom. The van der Waals surface area contributed by atoms with E-state index in [1.165, 1.54) is 26.4 Å². The molecular weight excluding hydrogens is 330 g/mol. The van der Waals surface area contributed by atoms with Gasteiger partial charge in [-0.1, -0.05) is 19.3 Å². The summed E-state index contributed by atoms with van der Waals surface area (Å²) in [4.78, 5) is 28.5. The van der Waals surface area contributed by atoms with E-state index in [2.05, 4.69) is 10.2 Å². The summed E-state index contributed by atoms with van der Waals surface area (Å²) in [5.41, 5.74) is 1.89. The fraction of sp³-hybridized carbons (Fsp3) is 0.600. The van der Waals surface area contributed by atoms with Gasteiger partial charge in [0.1, 0.15) is 6.61 Å². The van der Waals surface area contributed by atoms with Crippen LogP contribution in [0.4, 0.5) is 11.4 Å². The summed E-state index contributed by atoms with van der Waals surface area (Å²) in [7, 11) is 1.50. The van der Waals surface area contributed by atoms with E-state index >= 15 is 0 Å². The maximum absolute atomic E-state index is 12.7. The van der Waals surface area contributed by atoms with Crippen molar-refractivity contribution in [1.82, 2.24) is 4.90 Å². The van der Waals surface area contributed by atoms with Crippen LogP contribution in [0.3, 0.4) is 0 Å². The van der Waals surface area contributed by atoms with Crippen LogP contribution in [0.15, 0.2) is 24.3 Å². The van der Waals surface area contributed by atoms with Crippen molar-refractivity contribution in [3.63, 3.8) is 0 Å². The summed E-state index contributed by atoms with van der Waals surface area (Å²) >= 11 is 0. The van der Waals surface area contributed by atoms with Gasteiger partial charge in [-0.05, 0) is 37.1 Å². The van der Waals surface area contributed by atoms with Crippen LogP contribution in [0.1, 0.15) is 32.1 Å². The standard InChI is InChI=1S/C20H29N3O3/c1-26-15-19(24)21-17-7-9-18(10-8-17)22-11-13-23(14-12-22)20(25)16-5-3-2-4-6-16/h7-10,16H,2-6,11-15H2,1H3,(H,21,24). The van der Waals surface area contributed by atoms with Gasteiger partial charge < -0.3 is 19.9 Å². The number of hydrogen-bond donors (Lipinski definition) is 1. The Balaban J connectivity index is 1.49. The second-order valence-corrected chi connectivity index (χ2v) is 7.18. The van der Waals surface area contributed by atoms with Crippen LogP contribution in [-0.4, -0.2) is 56.6 Å². The maximum atomic E-state index is 12.7. The van der Waals surface area contributed by atoms with E-state index in [1.807, 2.05) is 29.2 Å². The van der Waals surface area contributed by atoms with E-state index in [-0.39, 0.29) is 18.4 Å². The molecule has 1 heterocycles. The number of hydrogen-bond acceptors (Lipinski definition) is 4. The Morgan fingerprint density at radius 2 is 1.69 bits per heavy atom. The third-order valence-corrected chi connectivity index (χ3v) is 5.34. The second-order valence-electron chi connectivity index (χ2n) is 7.18. The third-order valence-electron chi connectivity index (χ3n) is 5.34. The van der Waals surface area contributed by atoms with E-state index in [9.17, 15) is 9.59 Å². The number of carbonyl (C=O) groups excluding carboxylic acids is 2. The molecule has 0 atom stereocenters. The number of carbonyl (C=O) groups is 2. The second kappa shape index (κ2) is 9.03. The minimum atomic E-state index is -0.157. The van der Waals surface area contributed by atoms with Gasteiger partial charge >= 0.3 is 0 Å². The van der Waals surface area contributed by atoms with Crippen LogP contribution in [0.2, 0.25) is 0 Å². The summed E-state index contributed by atoms with van der Waals surface area (Å²) in [5, 5.41) is 2.80. The molecule has 0 aromatic heterocycles. The molecule has 142 valence electrons. The normalized spacial score (nSPS) is 18.7. The van der Waals surface area contributed by atoms with Crippen molar-refractivity contribution in [1.29, 1.82) is 0 Å². The molecule has 2 aliphatic rings. The Labute approximate surface area is 155 Å². The minimum absolute atomic E-state index is 0.0543. The number of amides is 2. The van der Waals surface area contributed by atoms with Crippen molar-refractivity contribution in [3.8, 4) is 0 Å². The number of nitrogens with one attached hydrogen (secondary N) is 1. The average molecular weight is 359 g/mol. The summed E-state index contributed by atoms with van der Waals surface area (Å²) in [6.45, 7) is 3.35. The van der Waals surface area contributed by atoms with Crippen molar-refractivity contribution in [2.75, 3.05) is 50.1 Å². The summed E-state index contributed by atoms with van der Waals surface area (Å²) < 4.78 is 4.82. The molecule has 2 fully saturated rings. The number of rotatable bonds is 5. The largest absolute Gasteiger partial charge is 0.375 e. The van der Waals surface area contributed by atoms with E-state index in [1.54, 1.807) is 0 Å². The molecule has 1 saturated carbocycles. The lowest BCUT2D eigenvalue weighted by molar-refractivity contribution is -0.136. The molecule has 3 rings (SSSR count). The quantitative estimate of drug-likeness (QED) is 0.877. The van der Waals surface area contributed by atoms with Gasteiger partial charge in [0.25, 0.3) is 0 Å². The maximum Gasteiger partial charge on any atom is 0.250 e. The zero-order valence-corrected chi connectivity index (χ0v) is 15.6. The highest BCUT2D eigenvalue weighted by atomic mass is 16.5. The van der Waals surface area contributed by atoms with Crippen LogP contribution >= 0.6 is 0 Å². The van der Waals surface area contributed by atoms with Crippen LogP contribution < -0.4 is 10.2 Å². The van der Waals surface area contributed by atoms with Crippen LogP contribution in [0, 0.1) is 5.92 Å². The van der Waals surface area contributed by atoms with Crippen molar-refractivity contribution >= 4 is 23.2 Å². The van der Waals surface area contributed by atoms with Gasteiger partial charge in [-0.3, -0.25) is 9.59 Å². The third kappa shape index (κ3) is 4.75. The molecule has 6 nitrogen and oxygen atoms in total. The van der Waals surface area contributed by atoms with Crippen molar-refractivity contribution < 1.29 is 14.3 Å². The fourth-order valence-corrected chi connectivity index (χ4v) is 3.88. The van der Waals surface area contributed by atoms with E-state index in [0.717, 1.165) is 50.4 Å². The molecule has 1 N–H and O–H groups in total. The van der Waals surface area contributed by atoms with Gasteiger partial charge in [-0.2, -0.15) is 0 Å². The molecule has 2 amide bonds.